The zero-order chi connectivity index (χ0) is 22.6. The van der Waals surface area contributed by atoms with Gasteiger partial charge in [0.1, 0.15) is 5.82 Å². The zero-order valence-corrected chi connectivity index (χ0v) is 19.4. The van der Waals surface area contributed by atoms with E-state index in [0.717, 1.165) is 34.9 Å². The maximum atomic E-state index is 13.0. The molecule has 1 fully saturated rings. The molecule has 32 heavy (non-hydrogen) atoms. The van der Waals surface area contributed by atoms with Crippen LogP contribution in [0.15, 0.2) is 77.7 Å². The summed E-state index contributed by atoms with van der Waals surface area (Å²) in [5, 5.41) is 2.93. The number of nitrogens with one attached hydrogen (secondary N) is 2. The normalized spacial score (nSPS) is 14.3. The summed E-state index contributed by atoms with van der Waals surface area (Å²) in [7, 11) is -3.82. The van der Waals surface area contributed by atoms with Crippen LogP contribution in [0, 0.1) is 5.82 Å². The number of sulfonamides is 1. The Morgan fingerprint density at radius 3 is 2.31 bits per heavy atom. The summed E-state index contributed by atoms with van der Waals surface area (Å²) in [5.74, 6) is 1.63. The van der Waals surface area contributed by atoms with Crippen LogP contribution in [-0.2, 0) is 21.2 Å². The lowest BCUT2D eigenvalue weighted by atomic mass is 10.1. The Labute approximate surface area is 195 Å². The molecule has 3 aromatic carbocycles. The van der Waals surface area contributed by atoms with Crippen molar-refractivity contribution in [2.24, 2.45) is 0 Å². The molecule has 0 unspecified atom stereocenters. The zero-order valence-electron chi connectivity index (χ0n) is 17.0. The van der Waals surface area contributed by atoms with Crippen molar-refractivity contribution in [3.05, 3.63) is 89.7 Å². The number of hydrogen-bond donors (Lipinski definition) is 2. The lowest BCUT2D eigenvalue weighted by molar-refractivity contribution is -0.115. The molecule has 0 saturated carbocycles. The molecule has 0 aliphatic carbocycles. The number of halogens is 1. The van der Waals surface area contributed by atoms with Gasteiger partial charge in [-0.05, 0) is 59.7 Å². The van der Waals surface area contributed by atoms with Crippen molar-refractivity contribution >= 4 is 50.8 Å². The van der Waals surface area contributed by atoms with E-state index >= 15 is 0 Å². The highest BCUT2D eigenvalue weighted by Gasteiger charge is 2.18. The van der Waals surface area contributed by atoms with E-state index in [4.69, 9.17) is 0 Å². The Morgan fingerprint density at radius 1 is 0.938 bits per heavy atom. The summed E-state index contributed by atoms with van der Waals surface area (Å²) in [6, 6.07) is 19.1. The summed E-state index contributed by atoms with van der Waals surface area (Å²) in [6.45, 7) is 0. The summed E-state index contributed by atoms with van der Waals surface area (Å²) in [5.41, 5.74) is 3.08. The van der Waals surface area contributed by atoms with Crippen molar-refractivity contribution in [2.75, 3.05) is 21.5 Å². The van der Waals surface area contributed by atoms with E-state index in [1.165, 1.54) is 17.7 Å². The van der Waals surface area contributed by atoms with Gasteiger partial charge in [0.05, 0.1) is 15.9 Å². The molecule has 3 aromatic rings. The molecule has 9 heteroatoms. The number of thioether (sulfide) groups is 2. The highest BCUT2D eigenvalue weighted by molar-refractivity contribution is 8.19. The molecule has 2 N–H and O–H groups in total. The van der Waals surface area contributed by atoms with Gasteiger partial charge in [-0.25, -0.2) is 12.8 Å². The first kappa shape index (κ1) is 22.7. The van der Waals surface area contributed by atoms with Gasteiger partial charge in [-0.2, -0.15) is 0 Å². The minimum atomic E-state index is -3.82. The number of benzene rings is 3. The van der Waals surface area contributed by atoms with Gasteiger partial charge in [-0.1, -0.05) is 24.3 Å². The second kappa shape index (κ2) is 9.97. The molecule has 0 aromatic heterocycles. The molecule has 1 amide bonds. The van der Waals surface area contributed by atoms with Crippen LogP contribution in [0.3, 0.4) is 0 Å². The van der Waals surface area contributed by atoms with Gasteiger partial charge in [-0.15, -0.1) is 23.5 Å². The van der Waals surface area contributed by atoms with Gasteiger partial charge >= 0.3 is 0 Å². The molecule has 0 radical (unpaired) electrons. The SMILES string of the molecule is O=C(Cc1ccc(NS(=O)(=O)c2ccc(F)cc2)cc1)Nc1cccc(C2SCCS2)c1. The van der Waals surface area contributed by atoms with E-state index in [1.54, 1.807) is 24.3 Å². The van der Waals surface area contributed by atoms with Crippen molar-refractivity contribution in [1.29, 1.82) is 0 Å². The Balaban J connectivity index is 1.36. The lowest BCUT2D eigenvalue weighted by Crippen LogP contribution is -2.15. The van der Waals surface area contributed by atoms with Crippen molar-refractivity contribution in [1.82, 2.24) is 0 Å². The van der Waals surface area contributed by atoms with Crippen molar-refractivity contribution < 1.29 is 17.6 Å². The first-order chi connectivity index (χ1) is 15.4. The van der Waals surface area contributed by atoms with Crippen molar-refractivity contribution in [3.63, 3.8) is 0 Å². The Hall–Kier alpha value is -2.49. The molecule has 5 nitrogen and oxygen atoms in total. The Kier molecular flexibility index (Phi) is 7.07. The molecule has 1 aliphatic heterocycles. The molecule has 166 valence electrons. The van der Waals surface area contributed by atoms with E-state index in [-0.39, 0.29) is 17.2 Å². The van der Waals surface area contributed by atoms with Gasteiger partial charge in [-0.3, -0.25) is 9.52 Å². The largest absolute Gasteiger partial charge is 0.326 e. The van der Waals surface area contributed by atoms with Crippen LogP contribution in [0.5, 0.6) is 0 Å². The highest BCUT2D eigenvalue weighted by Crippen LogP contribution is 2.45. The average molecular weight is 489 g/mol. The highest BCUT2D eigenvalue weighted by atomic mass is 32.2. The number of carbonyl (C=O) groups excluding carboxylic acids is 1. The summed E-state index contributed by atoms with van der Waals surface area (Å²) in [4.78, 5) is 12.4. The predicted molar refractivity (Wildman–Crippen MR) is 130 cm³/mol. The number of hydrogen-bond acceptors (Lipinski definition) is 5. The molecule has 0 spiro atoms. The number of rotatable bonds is 7. The molecule has 1 saturated heterocycles. The quantitative estimate of drug-likeness (QED) is 0.473. The molecule has 0 bridgehead atoms. The Bertz CT molecular complexity index is 1190. The smallest absolute Gasteiger partial charge is 0.261 e. The molecule has 4 rings (SSSR count). The van der Waals surface area contributed by atoms with Crippen LogP contribution in [0.1, 0.15) is 15.7 Å². The Morgan fingerprint density at radius 2 is 1.62 bits per heavy atom. The number of anilines is 2. The summed E-state index contributed by atoms with van der Waals surface area (Å²) < 4.78 is 40.7. The summed E-state index contributed by atoms with van der Waals surface area (Å²) in [6.07, 6.45) is 0.169. The van der Waals surface area contributed by atoms with Gasteiger partial charge in [0.15, 0.2) is 0 Å². The maximum Gasteiger partial charge on any atom is 0.261 e. The first-order valence-corrected chi connectivity index (χ1v) is 13.5. The fourth-order valence-electron chi connectivity index (χ4n) is 3.22. The number of amides is 1. The van der Waals surface area contributed by atoms with E-state index in [2.05, 4.69) is 16.1 Å². The van der Waals surface area contributed by atoms with E-state index in [9.17, 15) is 17.6 Å². The van der Waals surface area contributed by atoms with Gasteiger partial charge in [0.25, 0.3) is 10.0 Å². The lowest BCUT2D eigenvalue weighted by Gasteiger charge is -2.12. The third-order valence-electron chi connectivity index (χ3n) is 4.76. The van der Waals surface area contributed by atoms with E-state index in [0.29, 0.717) is 10.3 Å². The van der Waals surface area contributed by atoms with Crippen LogP contribution in [-0.4, -0.2) is 25.8 Å². The fraction of sp³-hybridized carbons (Fsp3) is 0.174. The first-order valence-electron chi connectivity index (χ1n) is 9.89. The third kappa shape index (κ3) is 5.85. The minimum absolute atomic E-state index is 0.0287. The van der Waals surface area contributed by atoms with Crippen LogP contribution in [0.2, 0.25) is 0 Å². The molecular formula is C23H21FN2O3S3. The van der Waals surface area contributed by atoms with Crippen molar-refractivity contribution in [3.8, 4) is 0 Å². The topological polar surface area (TPSA) is 75.3 Å². The average Bonchev–Trinajstić information content (AvgIpc) is 3.30. The summed E-state index contributed by atoms with van der Waals surface area (Å²) >= 11 is 3.83. The second-order valence-electron chi connectivity index (χ2n) is 7.18. The van der Waals surface area contributed by atoms with E-state index < -0.39 is 15.8 Å². The standard InChI is InChI=1S/C23H21FN2O3S3/c24-18-6-10-21(11-7-18)32(28,29)26-19-8-4-16(5-9-19)14-22(27)25-20-3-1-2-17(15-20)23-30-12-13-31-23/h1-11,15,23,26H,12-14H2,(H,25,27). The van der Waals surface area contributed by atoms with Crippen LogP contribution < -0.4 is 10.0 Å². The van der Waals surface area contributed by atoms with Crippen LogP contribution in [0.25, 0.3) is 0 Å². The van der Waals surface area contributed by atoms with Gasteiger partial charge in [0, 0.05) is 22.9 Å². The number of carbonyl (C=O) groups is 1. The molecule has 1 aliphatic rings. The van der Waals surface area contributed by atoms with Crippen LogP contribution >= 0.6 is 23.5 Å². The molecular weight excluding hydrogens is 467 g/mol. The second-order valence-corrected chi connectivity index (χ2v) is 11.6. The van der Waals surface area contributed by atoms with Crippen LogP contribution in [0.4, 0.5) is 15.8 Å². The fourth-order valence-corrected chi connectivity index (χ4v) is 7.12. The van der Waals surface area contributed by atoms with Crippen molar-refractivity contribution in [2.45, 2.75) is 15.9 Å². The predicted octanol–water partition coefficient (Wildman–Crippen LogP) is 5.29. The third-order valence-corrected chi connectivity index (χ3v) is 9.26. The van der Waals surface area contributed by atoms with Gasteiger partial charge in [0.2, 0.25) is 5.91 Å². The van der Waals surface area contributed by atoms with Gasteiger partial charge < -0.3 is 5.32 Å². The molecule has 1 heterocycles. The minimum Gasteiger partial charge on any atom is -0.326 e. The maximum absolute atomic E-state index is 13.0. The monoisotopic (exact) mass is 488 g/mol. The van der Waals surface area contributed by atoms with E-state index in [1.807, 2.05) is 41.7 Å². The molecule has 0 atom stereocenters.